The van der Waals surface area contributed by atoms with Crippen molar-refractivity contribution >= 4 is 18.3 Å². The fourth-order valence-electron chi connectivity index (χ4n) is 1.28. The van der Waals surface area contributed by atoms with Gasteiger partial charge in [-0.2, -0.15) is 0 Å². The van der Waals surface area contributed by atoms with Gasteiger partial charge in [-0.25, -0.2) is 0 Å². The van der Waals surface area contributed by atoms with Crippen LogP contribution in [0.1, 0.15) is 26.3 Å². The number of hydrogen-bond acceptors (Lipinski definition) is 3. The van der Waals surface area contributed by atoms with Crippen LogP contribution < -0.4 is 11.2 Å². The molecule has 0 fully saturated rings. The largest absolute Gasteiger partial charge is 0.490 e. The van der Waals surface area contributed by atoms with Gasteiger partial charge < -0.3 is 15.8 Å². The Labute approximate surface area is 84.7 Å². The third kappa shape index (κ3) is 2.27. The highest BCUT2D eigenvalue weighted by atomic mass is 16.4. The summed E-state index contributed by atoms with van der Waals surface area (Å²) in [5.74, 6) is 0. The summed E-state index contributed by atoms with van der Waals surface area (Å²) in [6.45, 7) is 6.24. The van der Waals surface area contributed by atoms with E-state index in [1.54, 1.807) is 12.1 Å². The van der Waals surface area contributed by atoms with Gasteiger partial charge in [-0.05, 0) is 17.0 Å². The standard InChI is InChI=1S/C10H16BNO2/c1-10(2,3)7-4-5-8(11(13)14)9(12)6-7/h4-6,13-14H,12H2,1-3H3. The minimum atomic E-state index is -1.50. The zero-order valence-corrected chi connectivity index (χ0v) is 8.78. The summed E-state index contributed by atoms with van der Waals surface area (Å²) < 4.78 is 0. The topological polar surface area (TPSA) is 66.5 Å². The second-order valence-electron chi connectivity index (χ2n) is 4.47. The van der Waals surface area contributed by atoms with Crippen molar-refractivity contribution in [1.29, 1.82) is 0 Å². The molecular formula is C10H16BNO2. The smallest absolute Gasteiger partial charge is 0.423 e. The molecule has 0 aliphatic heterocycles. The minimum Gasteiger partial charge on any atom is -0.423 e. The molecule has 0 unspecified atom stereocenters. The van der Waals surface area contributed by atoms with E-state index in [9.17, 15) is 0 Å². The van der Waals surface area contributed by atoms with E-state index in [1.807, 2.05) is 6.07 Å². The quantitative estimate of drug-likeness (QED) is 0.442. The van der Waals surface area contributed by atoms with Gasteiger partial charge in [-0.15, -0.1) is 0 Å². The van der Waals surface area contributed by atoms with E-state index in [2.05, 4.69) is 20.8 Å². The molecule has 76 valence electrons. The summed E-state index contributed by atoms with van der Waals surface area (Å²) in [6, 6.07) is 5.31. The first-order chi connectivity index (χ1) is 6.32. The Morgan fingerprint density at radius 1 is 1.21 bits per heavy atom. The summed E-state index contributed by atoms with van der Waals surface area (Å²) >= 11 is 0. The summed E-state index contributed by atoms with van der Waals surface area (Å²) in [4.78, 5) is 0. The number of anilines is 1. The minimum absolute atomic E-state index is 0.0209. The normalized spacial score (nSPS) is 11.5. The Morgan fingerprint density at radius 2 is 1.79 bits per heavy atom. The maximum Gasteiger partial charge on any atom is 0.490 e. The van der Waals surface area contributed by atoms with Gasteiger partial charge in [0.05, 0.1) is 0 Å². The van der Waals surface area contributed by atoms with E-state index in [-0.39, 0.29) is 5.41 Å². The number of hydrogen-bond donors (Lipinski definition) is 3. The molecule has 0 spiro atoms. The molecule has 0 aliphatic rings. The Kier molecular flexibility index (Phi) is 2.88. The fourth-order valence-corrected chi connectivity index (χ4v) is 1.28. The number of rotatable bonds is 1. The molecule has 1 aromatic carbocycles. The van der Waals surface area contributed by atoms with Crippen molar-refractivity contribution in [1.82, 2.24) is 0 Å². The molecular weight excluding hydrogens is 177 g/mol. The maximum absolute atomic E-state index is 8.97. The molecule has 0 aliphatic carbocycles. The van der Waals surface area contributed by atoms with Gasteiger partial charge in [-0.3, -0.25) is 0 Å². The van der Waals surface area contributed by atoms with Crippen LogP contribution in [-0.2, 0) is 5.41 Å². The molecule has 1 aromatic rings. The second kappa shape index (κ2) is 3.63. The molecule has 4 N–H and O–H groups in total. The van der Waals surface area contributed by atoms with Gasteiger partial charge in [0, 0.05) is 11.2 Å². The molecule has 0 atom stereocenters. The van der Waals surface area contributed by atoms with Gasteiger partial charge in [0.25, 0.3) is 0 Å². The van der Waals surface area contributed by atoms with Crippen molar-refractivity contribution in [2.45, 2.75) is 26.2 Å². The van der Waals surface area contributed by atoms with Gasteiger partial charge in [-0.1, -0.05) is 32.9 Å². The van der Waals surface area contributed by atoms with Gasteiger partial charge in [0.1, 0.15) is 0 Å². The monoisotopic (exact) mass is 193 g/mol. The first-order valence-electron chi connectivity index (χ1n) is 4.58. The van der Waals surface area contributed by atoms with E-state index < -0.39 is 7.12 Å². The second-order valence-corrected chi connectivity index (χ2v) is 4.47. The Balaban J connectivity index is 3.13. The van der Waals surface area contributed by atoms with Gasteiger partial charge >= 0.3 is 7.12 Å². The van der Waals surface area contributed by atoms with E-state index in [1.165, 1.54) is 0 Å². The van der Waals surface area contributed by atoms with Crippen molar-refractivity contribution in [2.75, 3.05) is 5.73 Å². The molecule has 0 amide bonds. The molecule has 0 aromatic heterocycles. The van der Waals surface area contributed by atoms with Crippen LogP contribution in [0.4, 0.5) is 5.69 Å². The third-order valence-electron chi connectivity index (χ3n) is 2.23. The number of nitrogens with two attached hydrogens (primary N) is 1. The average Bonchev–Trinajstić information content (AvgIpc) is 2.01. The van der Waals surface area contributed by atoms with Crippen LogP contribution >= 0.6 is 0 Å². The molecule has 14 heavy (non-hydrogen) atoms. The lowest BCUT2D eigenvalue weighted by Crippen LogP contribution is -2.32. The fraction of sp³-hybridized carbons (Fsp3) is 0.400. The molecule has 0 saturated heterocycles. The SMILES string of the molecule is CC(C)(C)c1ccc(B(O)O)c(N)c1. The molecule has 0 radical (unpaired) electrons. The van der Waals surface area contributed by atoms with Crippen molar-refractivity contribution in [3.8, 4) is 0 Å². The highest BCUT2D eigenvalue weighted by Gasteiger charge is 2.18. The summed E-state index contributed by atoms with van der Waals surface area (Å²) in [6.07, 6.45) is 0. The molecule has 1 rings (SSSR count). The molecule has 4 heteroatoms. The van der Waals surface area contributed by atoms with Crippen LogP contribution in [0.15, 0.2) is 18.2 Å². The average molecular weight is 193 g/mol. The van der Waals surface area contributed by atoms with Crippen molar-refractivity contribution < 1.29 is 10.0 Å². The van der Waals surface area contributed by atoms with Crippen molar-refractivity contribution in [3.63, 3.8) is 0 Å². The van der Waals surface area contributed by atoms with Crippen LogP contribution in [-0.4, -0.2) is 17.2 Å². The van der Waals surface area contributed by atoms with Crippen LogP contribution in [0.25, 0.3) is 0 Å². The van der Waals surface area contributed by atoms with E-state index in [4.69, 9.17) is 15.8 Å². The first-order valence-corrected chi connectivity index (χ1v) is 4.58. The van der Waals surface area contributed by atoms with Crippen molar-refractivity contribution in [3.05, 3.63) is 23.8 Å². The number of nitrogen functional groups attached to an aromatic ring is 1. The van der Waals surface area contributed by atoms with E-state index in [0.717, 1.165) is 5.56 Å². The Hall–Kier alpha value is -0.995. The summed E-state index contributed by atoms with van der Waals surface area (Å²) in [7, 11) is -1.50. The lowest BCUT2D eigenvalue weighted by Gasteiger charge is -2.20. The zero-order chi connectivity index (χ0) is 10.9. The predicted molar refractivity (Wildman–Crippen MR) is 59.4 cm³/mol. The van der Waals surface area contributed by atoms with Gasteiger partial charge in [0.15, 0.2) is 0 Å². The lowest BCUT2D eigenvalue weighted by molar-refractivity contribution is 0.426. The van der Waals surface area contributed by atoms with Gasteiger partial charge in [0.2, 0.25) is 0 Å². The molecule has 0 bridgehead atoms. The molecule has 0 heterocycles. The summed E-state index contributed by atoms with van der Waals surface area (Å²) in [5, 5.41) is 17.9. The third-order valence-corrected chi connectivity index (χ3v) is 2.23. The molecule has 0 saturated carbocycles. The highest BCUT2D eigenvalue weighted by Crippen LogP contribution is 2.22. The molecule has 3 nitrogen and oxygen atoms in total. The number of benzene rings is 1. The van der Waals surface area contributed by atoms with Crippen LogP contribution in [0.5, 0.6) is 0 Å². The van der Waals surface area contributed by atoms with Crippen LogP contribution in [0.3, 0.4) is 0 Å². The summed E-state index contributed by atoms with van der Waals surface area (Å²) in [5.41, 5.74) is 7.59. The predicted octanol–water partition coefficient (Wildman–Crippen LogP) is 0.246. The lowest BCUT2D eigenvalue weighted by atomic mass is 9.76. The Morgan fingerprint density at radius 3 is 2.14 bits per heavy atom. The Bertz CT molecular complexity index is 331. The highest BCUT2D eigenvalue weighted by molar-refractivity contribution is 6.60. The van der Waals surface area contributed by atoms with Crippen LogP contribution in [0, 0.1) is 0 Å². The van der Waals surface area contributed by atoms with E-state index in [0.29, 0.717) is 11.2 Å². The maximum atomic E-state index is 8.97. The first kappa shape index (κ1) is 11.1. The van der Waals surface area contributed by atoms with Crippen LogP contribution in [0.2, 0.25) is 0 Å². The van der Waals surface area contributed by atoms with Crippen molar-refractivity contribution in [2.24, 2.45) is 0 Å². The van der Waals surface area contributed by atoms with E-state index >= 15 is 0 Å². The zero-order valence-electron chi connectivity index (χ0n) is 8.78.